The summed E-state index contributed by atoms with van der Waals surface area (Å²) in [6, 6.07) is 0. The third kappa shape index (κ3) is 31.8. The number of aromatic nitrogens is 8. The standard InChI is InChI=1S/C13H21N3O3.C13H23NO4.3C8H13N3O.C8H15NO2.6CH4/c1-9-14-11(19-15-9)10-6-5-7-16(8-10)12(17)18-13(2,3)4;1-5-17-11(15)10-7-6-8-14(9-10)12(16)18-13(2,3)4;3*1-6-10-8(12-11-6)7-3-2-4-9-5-7;1-2-11-8(10)7-4-3-5-9-6-7;;;;;;/h10H,5-8H2,1-4H3;10H,5-9H2,1-4H3;3*7,9H,2-5H2,1H3;7,9H,2-6H2,1H3;6*1H4/t;;2*7-;;;;;;;;/m..10......../s1. The summed E-state index contributed by atoms with van der Waals surface area (Å²) < 4.78 is 41.1. The minimum absolute atomic E-state index is 0. The Morgan fingerprint density at radius 2 is 0.733 bits per heavy atom. The summed E-state index contributed by atoms with van der Waals surface area (Å²) in [6.45, 7) is 33.4. The van der Waals surface area contributed by atoms with Crippen LogP contribution in [0.15, 0.2) is 18.1 Å². The van der Waals surface area contributed by atoms with Gasteiger partial charge in [0.05, 0.1) is 48.7 Å². The first-order valence-corrected chi connectivity index (χ1v) is 30.4. The number of piperidine rings is 6. The molecular formula is C64H122N14O12. The fraction of sp³-hybridized carbons (Fsp3) is 0.812. The van der Waals surface area contributed by atoms with E-state index in [-0.39, 0.29) is 86.4 Å². The highest BCUT2D eigenvalue weighted by atomic mass is 16.6. The summed E-state index contributed by atoms with van der Waals surface area (Å²) in [5.41, 5.74) is -0.973. The van der Waals surface area contributed by atoms with Crippen molar-refractivity contribution in [1.82, 2.24) is 71.6 Å². The van der Waals surface area contributed by atoms with Crippen LogP contribution < -0.4 is 21.3 Å². The topological polar surface area (TPSA) is 315 Å². The Bertz CT molecular complexity index is 2390. The van der Waals surface area contributed by atoms with Crippen molar-refractivity contribution < 1.29 is 56.2 Å². The molecule has 4 unspecified atom stereocenters. The van der Waals surface area contributed by atoms with Crippen molar-refractivity contribution in [3.05, 3.63) is 46.9 Å². The summed E-state index contributed by atoms with van der Waals surface area (Å²) in [6.07, 6.45) is 12.0. The lowest BCUT2D eigenvalue weighted by Crippen LogP contribution is -2.45. The molecule has 4 aromatic heterocycles. The molecule has 90 heavy (non-hydrogen) atoms. The predicted molar refractivity (Wildman–Crippen MR) is 350 cm³/mol. The fourth-order valence-electron chi connectivity index (χ4n) is 10.0. The number of likely N-dealkylation sites (tertiary alicyclic amines) is 2. The molecule has 520 valence electrons. The number of hydrogen-bond acceptors (Lipinski definition) is 24. The first kappa shape index (κ1) is 85.9. The third-order valence-electron chi connectivity index (χ3n) is 14.1. The molecule has 4 aromatic rings. The largest absolute Gasteiger partial charge is 0.466 e. The van der Waals surface area contributed by atoms with E-state index in [1.165, 1.54) is 19.3 Å². The molecule has 0 aliphatic carbocycles. The van der Waals surface area contributed by atoms with Crippen LogP contribution in [0.1, 0.15) is 248 Å². The zero-order chi connectivity index (χ0) is 61.1. The second kappa shape index (κ2) is 44.4. The maximum absolute atomic E-state index is 12.0. The predicted octanol–water partition coefficient (Wildman–Crippen LogP) is 11.6. The molecule has 0 radical (unpaired) electrons. The minimum Gasteiger partial charge on any atom is -0.466 e. The van der Waals surface area contributed by atoms with E-state index in [1.807, 2.05) is 69.2 Å². The number of carbonyl (C=O) groups is 4. The van der Waals surface area contributed by atoms with Crippen LogP contribution in [0, 0.1) is 39.5 Å². The number of aryl methyl sites for hydroxylation is 4. The van der Waals surface area contributed by atoms with Gasteiger partial charge in [-0.3, -0.25) is 9.59 Å². The Balaban J connectivity index is 0. The van der Waals surface area contributed by atoms with E-state index < -0.39 is 11.2 Å². The number of hydrogen-bond donors (Lipinski definition) is 4. The number of rotatable bonds is 8. The van der Waals surface area contributed by atoms with Crippen molar-refractivity contribution in [3.63, 3.8) is 0 Å². The van der Waals surface area contributed by atoms with Gasteiger partial charge in [0.15, 0.2) is 23.3 Å². The SMILES string of the molecule is C.C.C.C.C.C.CCOC(=O)C1CCCN(C(=O)OC(C)(C)C)C1.CCOC(=O)C1CCCNC1.Cc1noc(C2CCCN(C(=O)OC(C)(C)C)C2)n1.Cc1noc(C2CCCNC2)n1.Cc1noc([C@@H]2CCCNC2)n1.Cc1noc([C@H]2CCCNC2)n1. The van der Waals surface area contributed by atoms with Crippen LogP contribution in [-0.2, 0) is 28.5 Å². The van der Waals surface area contributed by atoms with Crippen molar-refractivity contribution in [3.8, 4) is 0 Å². The molecule has 26 nitrogen and oxygen atoms in total. The summed E-state index contributed by atoms with van der Waals surface area (Å²) >= 11 is 0. The normalized spacial score (nSPS) is 21.1. The van der Waals surface area contributed by atoms with Crippen LogP contribution >= 0.6 is 0 Å². The second-order valence-corrected chi connectivity index (χ2v) is 23.9. The zero-order valence-corrected chi connectivity index (χ0v) is 52.2. The van der Waals surface area contributed by atoms with Crippen LogP contribution in [0.4, 0.5) is 9.59 Å². The van der Waals surface area contributed by atoms with Crippen molar-refractivity contribution in [2.75, 3.05) is 91.8 Å². The monoisotopic (exact) mass is 1280 g/mol. The lowest BCUT2D eigenvalue weighted by molar-refractivity contribution is -0.150. The van der Waals surface area contributed by atoms with E-state index in [2.05, 4.69) is 61.8 Å². The van der Waals surface area contributed by atoms with Gasteiger partial charge in [-0.25, -0.2) is 9.59 Å². The van der Waals surface area contributed by atoms with E-state index in [0.29, 0.717) is 62.3 Å². The van der Waals surface area contributed by atoms with Gasteiger partial charge in [-0.15, -0.1) is 0 Å². The number of esters is 2. The van der Waals surface area contributed by atoms with Gasteiger partial charge in [0, 0.05) is 52.4 Å². The maximum atomic E-state index is 12.0. The number of ether oxygens (including phenoxy) is 4. The highest BCUT2D eigenvalue weighted by Gasteiger charge is 2.33. The molecule has 26 heteroatoms. The molecule has 6 aliphatic rings. The molecule has 0 aromatic carbocycles. The maximum Gasteiger partial charge on any atom is 0.410 e. The van der Waals surface area contributed by atoms with E-state index in [4.69, 9.17) is 37.0 Å². The lowest BCUT2D eigenvalue weighted by Gasteiger charge is -2.33. The van der Waals surface area contributed by atoms with Crippen LogP contribution in [0.5, 0.6) is 0 Å². The molecule has 4 N–H and O–H groups in total. The van der Waals surface area contributed by atoms with Gasteiger partial charge < -0.3 is 68.1 Å². The average molecular weight is 1280 g/mol. The van der Waals surface area contributed by atoms with Crippen molar-refractivity contribution in [1.29, 1.82) is 0 Å². The van der Waals surface area contributed by atoms with Crippen LogP contribution in [0.2, 0.25) is 0 Å². The lowest BCUT2D eigenvalue weighted by atomic mass is 9.98. The Morgan fingerprint density at radius 1 is 0.433 bits per heavy atom. The first-order chi connectivity index (χ1) is 40.1. The van der Waals surface area contributed by atoms with Gasteiger partial charge in [-0.2, -0.15) is 19.9 Å². The average Bonchev–Trinajstić information content (AvgIpc) is 4.18. The number of carbonyl (C=O) groups excluding carboxylic acids is 4. The summed E-state index contributed by atoms with van der Waals surface area (Å²) in [5, 5.41) is 28.3. The van der Waals surface area contributed by atoms with Crippen LogP contribution in [-0.4, -0.2) is 177 Å². The molecular weight excluding hydrogens is 1160 g/mol. The second-order valence-electron chi connectivity index (χ2n) is 23.9. The fourth-order valence-corrected chi connectivity index (χ4v) is 10.0. The van der Waals surface area contributed by atoms with Crippen molar-refractivity contribution >= 4 is 24.1 Å². The minimum atomic E-state index is -0.506. The van der Waals surface area contributed by atoms with E-state index in [9.17, 15) is 19.2 Å². The van der Waals surface area contributed by atoms with Gasteiger partial charge in [0.2, 0.25) is 23.6 Å². The van der Waals surface area contributed by atoms with Gasteiger partial charge in [0.1, 0.15) is 11.2 Å². The molecule has 6 saturated heterocycles. The van der Waals surface area contributed by atoms with Crippen molar-refractivity contribution in [2.45, 2.75) is 240 Å². The van der Waals surface area contributed by atoms with Gasteiger partial charge >= 0.3 is 24.1 Å². The molecule has 6 atom stereocenters. The van der Waals surface area contributed by atoms with E-state index >= 15 is 0 Å². The molecule has 10 rings (SSSR count). The van der Waals surface area contributed by atoms with Crippen LogP contribution in [0.3, 0.4) is 0 Å². The van der Waals surface area contributed by atoms with Gasteiger partial charge in [-0.05, 0) is 186 Å². The molecule has 0 saturated carbocycles. The molecule has 6 aliphatic heterocycles. The number of amides is 2. The first-order valence-electron chi connectivity index (χ1n) is 30.4. The third-order valence-corrected chi connectivity index (χ3v) is 14.1. The molecule has 2 amide bonds. The molecule has 6 fully saturated rings. The number of nitrogens with zero attached hydrogens (tertiary/aromatic N) is 10. The molecule has 0 spiro atoms. The Kier molecular flexibility index (Phi) is 42.4. The van der Waals surface area contributed by atoms with E-state index in [1.54, 1.807) is 23.6 Å². The van der Waals surface area contributed by atoms with Crippen LogP contribution in [0.25, 0.3) is 0 Å². The van der Waals surface area contributed by atoms with Gasteiger partial charge in [-0.1, -0.05) is 65.2 Å². The summed E-state index contributed by atoms with van der Waals surface area (Å²) in [5.74, 6) is 6.85. The zero-order valence-electron chi connectivity index (χ0n) is 52.2. The highest BCUT2D eigenvalue weighted by Crippen LogP contribution is 2.28. The molecule has 10 heterocycles. The quantitative estimate of drug-likeness (QED) is 0.0941. The number of nitrogens with one attached hydrogen (secondary N) is 4. The Labute approximate surface area is 540 Å². The smallest absolute Gasteiger partial charge is 0.410 e. The van der Waals surface area contributed by atoms with Gasteiger partial charge in [0.25, 0.3) is 0 Å². The molecule has 0 bridgehead atoms. The highest BCUT2D eigenvalue weighted by molar-refractivity contribution is 5.75. The van der Waals surface area contributed by atoms with E-state index in [0.717, 1.165) is 152 Å². The Hall–Kier alpha value is -6.12. The summed E-state index contributed by atoms with van der Waals surface area (Å²) in [7, 11) is 0. The Morgan fingerprint density at radius 3 is 1.03 bits per heavy atom. The summed E-state index contributed by atoms with van der Waals surface area (Å²) in [4.78, 5) is 66.9. The van der Waals surface area contributed by atoms with Crippen molar-refractivity contribution in [2.24, 2.45) is 11.8 Å².